The number of benzene rings is 2. The van der Waals surface area contributed by atoms with E-state index in [1.165, 1.54) is 17.8 Å². The van der Waals surface area contributed by atoms with Gasteiger partial charge in [-0.15, -0.1) is 0 Å². The van der Waals surface area contributed by atoms with Crippen LogP contribution in [0.5, 0.6) is 0 Å². The Bertz CT molecular complexity index is 1510. The van der Waals surface area contributed by atoms with Crippen molar-refractivity contribution in [2.75, 3.05) is 35.7 Å². The van der Waals surface area contributed by atoms with Crippen LogP contribution in [-0.2, 0) is 6.18 Å². The molecular formula is C29H27F3N6OS. The number of nitrogens with one attached hydrogen (secondary N) is 2. The lowest BCUT2D eigenvalue weighted by molar-refractivity contribution is -0.137. The van der Waals surface area contributed by atoms with Crippen LogP contribution in [0, 0.1) is 0 Å². The number of amides is 1. The van der Waals surface area contributed by atoms with Crippen molar-refractivity contribution in [3.8, 4) is 11.3 Å². The van der Waals surface area contributed by atoms with Crippen molar-refractivity contribution >= 4 is 35.0 Å². The lowest BCUT2D eigenvalue weighted by Crippen LogP contribution is -2.30. The van der Waals surface area contributed by atoms with Crippen molar-refractivity contribution in [2.45, 2.75) is 35.4 Å². The molecule has 1 aliphatic heterocycles. The van der Waals surface area contributed by atoms with Crippen molar-refractivity contribution in [1.82, 2.24) is 15.0 Å². The predicted octanol–water partition coefficient (Wildman–Crippen LogP) is 6.99. The van der Waals surface area contributed by atoms with Crippen LogP contribution < -0.4 is 15.5 Å². The Hall–Kier alpha value is -4.12. The monoisotopic (exact) mass is 564 g/mol. The molecule has 5 rings (SSSR count). The summed E-state index contributed by atoms with van der Waals surface area (Å²) in [5, 5.41) is 6.36. The van der Waals surface area contributed by atoms with Gasteiger partial charge in [-0.3, -0.25) is 4.79 Å². The summed E-state index contributed by atoms with van der Waals surface area (Å²) in [4.78, 5) is 29.3. The highest BCUT2D eigenvalue weighted by Gasteiger charge is 2.32. The molecule has 2 aromatic heterocycles. The van der Waals surface area contributed by atoms with Crippen LogP contribution in [-0.4, -0.2) is 41.0 Å². The zero-order valence-electron chi connectivity index (χ0n) is 21.7. The summed E-state index contributed by atoms with van der Waals surface area (Å²) in [7, 11) is 1.74. The number of aromatic nitrogens is 3. The van der Waals surface area contributed by atoms with Gasteiger partial charge >= 0.3 is 6.18 Å². The maximum Gasteiger partial charge on any atom is 0.416 e. The van der Waals surface area contributed by atoms with Crippen LogP contribution in [0.1, 0.15) is 35.2 Å². The van der Waals surface area contributed by atoms with Gasteiger partial charge in [0.1, 0.15) is 5.03 Å². The predicted molar refractivity (Wildman–Crippen MR) is 151 cm³/mol. The Kier molecular flexibility index (Phi) is 8.20. The van der Waals surface area contributed by atoms with E-state index in [0.717, 1.165) is 54.9 Å². The Morgan fingerprint density at radius 3 is 2.55 bits per heavy atom. The highest BCUT2D eigenvalue weighted by molar-refractivity contribution is 7.99. The molecule has 7 nitrogen and oxygen atoms in total. The smallest absolute Gasteiger partial charge is 0.370 e. The normalized spacial score (nSPS) is 13.7. The van der Waals surface area contributed by atoms with E-state index in [0.29, 0.717) is 27.9 Å². The number of nitrogens with zero attached hydrogens (tertiary/aromatic N) is 4. The molecule has 11 heteroatoms. The molecule has 40 heavy (non-hydrogen) atoms. The Balaban J connectivity index is 1.41. The number of hydrogen-bond acceptors (Lipinski definition) is 7. The van der Waals surface area contributed by atoms with Gasteiger partial charge in [-0.05, 0) is 73.9 Å². The van der Waals surface area contributed by atoms with E-state index in [2.05, 4.69) is 25.6 Å². The van der Waals surface area contributed by atoms with Gasteiger partial charge in [-0.25, -0.2) is 15.0 Å². The molecule has 0 unspecified atom stereocenters. The molecule has 0 aliphatic carbocycles. The van der Waals surface area contributed by atoms with Crippen LogP contribution in [0.25, 0.3) is 11.3 Å². The van der Waals surface area contributed by atoms with Gasteiger partial charge in [-0.2, -0.15) is 13.2 Å². The van der Waals surface area contributed by atoms with Gasteiger partial charge in [0.2, 0.25) is 5.95 Å². The molecule has 2 N–H and O–H groups in total. The average Bonchev–Trinajstić information content (AvgIpc) is 2.97. The number of hydrogen-bond donors (Lipinski definition) is 2. The van der Waals surface area contributed by atoms with Gasteiger partial charge in [0, 0.05) is 48.6 Å². The fourth-order valence-electron chi connectivity index (χ4n) is 4.53. The zero-order valence-corrected chi connectivity index (χ0v) is 22.5. The lowest BCUT2D eigenvalue weighted by Gasteiger charge is -2.31. The SMILES string of the molecule is CNc1nccc(-c2cccnc2Sc2cccc(C(=O)Nc3cc(C(F)(F)F)ccc3N3CCCCC3)c2)n1. The van der Waals surface area contributed by atoms with Crippen LogP contribution >= 0.6 is 11.8 Å². The Morgan fingerprint density at radius 1 is 0.950 bits per heavy atom. The van der Waals surface area contributed by atoms with Crippen molar-refractivity contribution in [1.29, 1.82) is 0 Å². The molecule has 1 saturated heterocycles. The number of carbonyl (C=O) groups excluding carboxylic acids is 1. The topological polar surface area (TPSA) is 83.0 Å². The van der Waals surface area contributed by atoms with Gasteiger partial charge in [0.05, 0.1) is 22.6 Å². The number of carbonyl (C=O) groups is 1. The fraction of sp³-hybridized carbons (Fsp3) is 0.241. The van der Waals surface area contributed by atoms with Crippen LogP contribution in [0.15, 0.2) is 83.0 Å². The Labute approximate surface area is 234 Å². The molecule has 4 aromatic rings. The maximum atomic E-state index is 13.5. The molecule has 0 bridgehead atoms. The minimum Gasteiger partial charge on any atom is -0.370 e. The molecule has 0 saturated carbocycles. The minimum absolute atomic E-state index is 0.149. The molecule has 1 fully saturated rings. The van der Waals surface area contributed by atoms with Crippen LogP contribution in [0.4, 0.5) is 30.5 Å². The summed E-state index contributed by atoms with van der Waals surface area (Å²) in [6, 6.07) is 16.0. The first-order chi connectivity index (χ1) is 19.3. The first kappa shape index (κ1) is 27.4. The summed E-state index contributed by atoms with van der Waals surface area (Å²) in [5.41, 5.74) is 1.76. The van der Waals surface area contributed by atoms with E-state index < -0.39 is 17.6 Å². The van der Waals surface area contributed by atoms with Crippen molar-refractivity contribution in [3.63, 3.8) is 0 Å². The van der Waals surface area contributed by atoms with E-state index in [4.69, 9.17) is 0 Å². The molecule has 3 heterocycles. The van der Waals surface area contributed by atoms with Gasteiger partial charge in [0.25, 0.3) is 5.91 Å². The third-order valence-corrected chi connectivity index (χ3v) is 7.51. The second-order valence-corrected chi connectivity index (χ2v) is 10.3. The molecule has 2 aromatic carbocycles. The third kappa shape index (κ3) is 6.36. The fourth-order valence-corrected chi connectivity index (χ4v) is 5.48. The molecule has 206 valence electrons. The third-order valence-electron chi connectivity index (χ3n) is 6.51. The Morgan fingerprint density at radius 2 is 1.77 bits per heavy atom. The van der Waals surface area contributed by atoms with E-state index in [1.54, 1.807) is 43.7 Å². The first-order valence-corrected chi connectivity index (χ1v) is 13.6. The minimum atomic E-state index is -4.52. The summed E-state index contributed by atoms with van der Waals surface area (Å²) in [5.74, 6) is -0.00905. The largest absolute Gasteiger partial charge is 0.416 e. The summed E-state index contributed by atoms with van der Waals surface area (Å²) < 4.78 is 40.5. The van der Waals surface area contributed by atoms with Crippen LogP contribution in [0.3, 0.4) is 0 Å². The lowest BCUT2D eigenvalue weighted by atomic mass is 10.1. The standard InChI is InChI=1S/C29H27F3N6OS/c1-33-28-35-14-12-23(37-28)22-9-6-13-34-27(22)40-21-8-5-7-19(17-21)26(39)36-24-18-20(29(30,31)32)10-11-25(24)38-15-3-2-4-16-38/h5-14,17-18H,2-4,15-16H2,1H3,(H,36,39)(H,33,35,37). The van der Waals surface area contributed by atoms with Crippen LogP contribution in [0.2, 0.25) is 0 Å². The molecule has 0 spiro atoms. The number of rotatable bonds is 7. The number of pyridine rings is 1. The van der Waals surface area contributed by atoms with Gasteiger partial charge < -0.3 is 15.5 Å². The van der Waals surface area contributed by atoms with E-state index >= 15 is 0 Å². The number of anilines is 3. The summed E-state index contributed by atoms with van der Waals surface area (Å²) >= 11 is 1.36. The first-order valence-electron chi connectivity index (χ1n) is 12.8. The molecule has 1 amide bonds. The quantitative estimate of drug-likeness (QED) is 0.250. The molecule has 1 aliphatic rings. The molecular weight excluding hydrogens is 537 g/mol. The zero-order chi connectivity index (χ0) is 28.1. The van der Waals surface area contributed by atoms with Crippen molar-refractivity contribution < 1.29 is 18.0 Å². The van der Waals surface area contributed by atoms with E-state index in [-0.39, 0.29) is 5.69 Å². The molecule has 0 radical (unpaired) electrons. The molecule has 0 atom stereocenters. The average molecular weight is 565 g/mol. The number of alkyl halides is 3. The highest BCUT2D eigenvalue weighted by Crippen LogP contribution is 2.37. The summed E-state index contributed by atoms with van der Waals surface area (Å²) in [6.07, 6.45) is 1.80. The maximum absolute atomic E-state index is 13.5. The number of halogens is 3. The second kappa shape index (κ2) is 12.0. The van der Waals surface area contributed by atoms with Crippen molar-refractivity contribution in [3.05, 3.63) is 84.2 Å². The van der Waals surface area contributed by atoms with Crippen molar-refractivity contribution in [2.24, 2.45) is 0 Å². The van der Waals surface area contributed by atoms with E-state index in [9.17, 15) is 18.0 Å². The van der Waals surface area contributed by atoms with Gasteiger partial charge in [0.15, 0.2) is 0 Å². The highest BCUT2D eigenvalue weighted by atomic mass is 32.2. The van der Waals surface area contributed by atoms with Gasteiger partial charge in [-0.1, -0.05) is 17.8 Å². The van der Waals surface area contributed by atoms with E-state index in [1.807, 2.05) is 23.1 Å². The number of piperidine rings is 1. The second-order valence-electron chi connectivity index (χ2n) is 9.23. The summed E-state index contributed by atoms with van der Waals surface area (Å²) in [6.45, 7) is 1.46.